The number of fused-ring (bicyclic) bond motifs is 1. The summed E-state index contributed by atoms with van der Waals surface area (Å²) in [5.41, 5.74) is 1.77. The van der Waals surface area contributed by atoms with Gasteiger partial charge in [0.2, 0.25) is 5.28 Å². The normalized spacial score (nSPS) is 10.8. The minimum Gasteiger partial charge on any atom is -0.463 e. The summed E-state index contributed by atoms with van der Waals surface area (Å²) in [5.74, 6) is 0.492. The number of rotatable bonds is 4. The van der Waals surface area contributed by atoms with Crippen molar-refractivity contribution in [3.63, 3.8) is 0 Å². The maximum absolute atomic E-state index is 5.94. The maximum Gasteiger partial charge on any atom is 0.321 e. The number of pyridine rings is 1. The van der Waals surface area contributed by atoms with Crippen molar-refractivity contribution in [3.8, 4) is 17.4 Å². The predicted octanol–water partition coefficient (Wildman–Crippen LogP) is 3.53. The number of aromatic nitrogens is 4. The molecule has 2 heterocycles. The SMILES string of the molecule is CCCOc1nc(Cl)nc(-c2ccc3ncccc3c2)n1. The van der Waals surface area contributed by atoms with E-state index in [1.807, 2.05) is 37.3 Å². The Balaban J connectivity index is 2.02. The molecular weight excluding hydrogens is 288 g/mol. The number of hydrogen-bond donors (Lipinski definition) is 0. The van der Waals surface area contributed by atoms with Crippen molar-refractivity contribution in [3.05, 3.63) is 41.8 Å². The highest BCUT2D eigenvalue weighted by atomic mass is 35.5. The van der Waals surface area contributed by atoms with Crippen molar-refractivity contribution in [1.82, 2.24) is 19.9 Å². The second-order valence-electron chi connectivity index (χ2n) is 4.47. The zero-order chi connectivity index (χ0) is 14.7. The number of nitrogens with zero attached hydrogens (tertiary/aromatic N) is 4. The van der Waals surface area contributed by atoms with Gasteiger partial charge in [0.05, 0.1) is 12.1 Å². The Hall–Kier alpha value is -2.27. The van der Waals surface area contributed by atoms with E-state index in [2.05, 4.69) is 19.9 Å². The van der Waals surface area contributed by atoms with Crippen molar-refractivity contribution in [2.75, 3.05) is 6.61 Å². The molecule has 106 valence electrons. The van der Waals surface area contributed by atoms with Crippen molar-refractivity contribution in [1.29, 1.82) is 0 Å². The molecule has 0 N–H and O–H groups in total. The third-order valence-corrected chi connectivity index (χ3v) is 3.05. The van der Waals surface area contributed by atoms with Gasteiger partial charge in [-0.05, 0) is 42.3 Å². The molecule has 0 atom stereocenters. The monoisotopic (exact) mass is 300 g/mol. The van der Waals surface area contributed by atoms with Crippen LogP contribution >= 0.6 is 11.6 Å². The molecule has 0 saturated carbocycles. The minimum absolute atomic E-state index is 0.123. The van der Waals surface area contributed by atoms with E-state index in [4.69, 9.17) is 16.3 Å². The molecule has 5 nitrogen and oxygen atoms in total. The molecule has 0 radical (unpaired) electrons. The van der Waals surface area contributed by atoms with Gasteiger partial charge in [-0.25, -0.2) is 0 Å². The highest BCUT2D eigenvalue weighted by Gasteiger charge is 2.09. The van der Waals surface area contributed by atoms with E-state index in [1.165, 1.54) is 0 Å². The lowest BCUT2D eigenvalue weighted by Gasteiger charge is -2.06. The van der Waals surface area contributed by atoms with E-state index < -0.39 is 0 Å². The summed E-state index contributed by atoms with van der Waals surface area (Å²) in [5, 5.41) is 1.14. The largest absolute Gasteiger partial charge is 0.463 e. The summed E-state index contributed by atoms with van der Waals surface area (Å²) in [6, 6.07) is 9.93. The smallest absolute Gasteiger partial charge is 0.321 e. The van der Waals surface area contributed by atoms with Gasteiger partial charge >= 0.3 is 6.01 Å². The molecule has 0 amide bonds. The summed E-state index contributed by atoms with van der Waals surface area (Å²) >= 11 is 5.94. The first-order chi connectivity index (χ1) is 10.3. The fourth-order valence-corrected chi connectivity index (χ4v) is 2.09. The third-order valence-electron chi connectivity index (χ3n) is 2.88. The zero-order valence-electron chi connectivity index (χ0n) is 11.5. The number of hydrogen-bond acceptors (Lipinski definition) is 5. The lowest BCUT2D eigenvalue weighted by Crippen LogP contribution is -2.02. The summed E-state index contributed by atoms with van der Waals surface area (Å²) in [6.45, 7) is 2.56. The van der Waals surface area contributed by atoms with Crippen molar-refractivity contribution in [2.24, 2.45) is 0 Å². The van der Waals surface area contributed by atoms with Gasteiger partial charge in [0.15, 0.2) is 5.82 Å². The minimum atomic E-state index is 0.123. The van der Waals surface area contributed by atoms with E-state index >= 15 is 0 Å². The second kappa shape index (κ2) is 6.01. The molecule has 0 aliphatic heterocycles. The first-order valence-electron chi connectivity index (χ1n) is 6.66. The van der Waals surface area contributed by atoms with Gasteiger partial charge in [-0.15, -0.1) is 0 Å². The van der Waals surface area contributed by atoms with Crippen LogP contribution in [-0.4, -0.2) is 26.5 Å². The van der Waals surface area contributed by atoms with Crippen LogP contribution in [0.2, 0.25) is 5.28 Å². The molecule has 21 heavy (non-hydrogen) atoms. The molecule has 3 aromatic rings. The molecule has 0 unspecified atom stereocenters. The van der Waals surface area contributed by atoms with E-state index in [-0.39, 0.29) is 11.3 Å². The van der Waals surface area contributed by atoms with Gasteiger partial charge in [-0.1, -0.05) is 13.0 Å². The van der Waals surface area contributed by atoms with E-state index in [1.54, 1.807) is 6.20 Å². The van der Waals surface area contributed by atoms with Crippen molar-refractivity contribution in [2.45, 2.75) is 13.3 Å². The van der Waals surface area contributed by atoms with Crippen LogP contribution in [0.3, 0.4) is 0 Å². The van der Waals surface area contributed by atoms with Crippen LogP contribution < -0.4 is 4.74 Å². The second-order valence-corrected chi connectivity index (χ2v) is 4.81. The Kier molecular flexibility index (Phi) is 3.92. The summed E-state index contributed by atoms with van der Waals surface area (Å²) in [6.07, 6.45) is 2.64. The molecule has 0 aliphatic carbocycles. The Bertz CT molecular complexity index is 778. The number of halogens is 1. The molecule has 0 saturated heterocycles. The standard InChI is InChI=1S/C15H13ClN4O/c1-2-8-21-15-19-13(18-14(16)20-15)11-5-6-12-10(9-11)4-3-7-17-12/h3-7,9H,2,8H2,1H3. The Labute approximate surface area is 127 Å². The third kappa shape index (κ3) is 3.08. The van der Waals surface area contributed by atoms with Gasteiger partial charge in [0.1, 0.15) is 0 Å². The topological polar surface area (TPSA) is 60.8 Å². The molecule has 0 aliphatic rings. The number of benzene rings is 1. The summed E-state index contributed by atoms with van der Waals surface area (Å²) in [4.78, 5) is 16.7. The van der Waals surface area contributed by atoms with Crippen molar-refractivity contribution < 1.29 is 4.74 Å². The Morgan fingerprint density at radius 2 is 2.05 bits per heavy atom. The van der Waals surface area contributed by atoms with Crippen LogP contribution in [-0.2, 0) is 0 Å². The van der Waals surface area contributed by atoms with Gasteiger partial charge in [0, 0.05) is 17.1 Å². The van der Waals surface area contributed by atoms with Gasteiger partial charge in [-0.3, -0.25) is 4.98 Å². The van der Waals surface area contributed by atoms with Crippen molar-refractivity contribution >= 4 is 22.5 Å². The highest BCUT2D eigenvalue weighted by Crippen LogP contribution is 2.22. The first kappa shape index (κ1) is 13.7. The van der Waals surface area contributed by atoms with Gasteiger partial charge in [-0.2, -0.15) is 15.0 Å². The molecule has 3 rings (SSSR count). The van der Waals surface area contributed by atoms with Crippen LogP contribution in [0.25, 0.3) is 22.3 Å². The molecule has 6 heteroatoms. The summed E-state index contributed by atoms with van der Waals surface area (Å²) in [7, 11) is 0. The fraction of sp³-hybridized carbons (Fsp3) is 0.200. The first-order valence-corrected chi connectivity index (χ1v) is 7.03. The highest BCUT2D eigenvalue weighted by molar-refractivity contribution is 6.28. The molecule has 2 aromatic heterocycles. The predicted molar refractivity (Wildman–Crippen MR) is 81.4 cm³/mol. The van der Waals surface area contributed by atoms with E-state index in [9.17, 15) is 0 Å². The summed E-state index contributed by atoms with van der Waals surface area (Å²) < 4.78 is 5.43. The van der Waals surface area contributed by atoms with Crippen LogP contribution in [0.1, 0.15) is 13.3 Å². The van der Waals surface area contributed by atoms with Crippen LogP contribution in [0.5, 0.6) is 6.01 Å². The van der Waals surface area contributed by atoms with E-state index in [0.717, 1.165) is 22.9 Å². The zero-order valence-corrected chi connectivity index (χ0v) is 12.2. The molecular formula is C15H13ClN4O. The van der Waals surface area contributed by atoms with Crippen LogP contribution in [0.15, 0.2) is 36.5 Å². The van der Waals surface area contributed by atoms with Crippen LogP contribution in [0, 0.1) is 0 Å². The fourth-order valence-electron chi connectivity index (χ4n) is 1.93. The maximum atomic E-state index is 5.94. The lowest BCUT2D eigenvalue weighted by atomic mass is 10.1. The Morgan fingerprint density at radius 1 is 1.14 bits per heavy atom. The molecule has 1 aromatic carbocycles. The average molecular weight is 301 g/mol. The molecule has 0 bridgehead atoms. The van der Waals surface area contributed by atoms with Gasteiger partial charge in [0.25, 0.3) is 0 Å². The molecule has 0 spiro atoms. The van der Waals surface area contributed by atoms with E-state index in [0.29, 0.717) is 12.4 Å². The lowest BCUT2D eigenvalue weighted by molar-refractivity contribution is 0.291. The average Bonchev–Trinajstić information content (AvgIpc) is 2.52. The number of ether oxygens (including phenoxy) is 1. The Morgan fingerprint density at radius 3 is 2.90 bits per heavy atom. The molecule has 0 fully saturated rings. The van der Waals surface area contributed by atoms with Gasteiger partial charge < -0.3 is 4.74 Å². The quantitative estimate of drug-likeness (QED) is 0.737. The van der Waals surface area contributed by atoms with Crippen LogP contribution in [0.4, 0.5) is 0 Å².